The second-order valence-electron chi connectivity index (χ2n) is 7.74. The van der Waals surface area contributed by atoms with E-state index in [1.165, 1.54) is 35.5 Å². The molecule has 174 valence electrons. The number of aromatic nitrogens is 3. The molecule has 3 rings (SSSR count). The predicted molar refractivity (Wildman–Crippen MR) is 128 cm³/mol. The van der Waals surface area contributed by atoms with Gasteiger partial charge in [0.1, 0.15) is 11.6 Å². The minimum absolute atomic E-state index is 0.00978. The first-order valence-corrected chi connectivity index (χ1v) is 11.8. The molecule has 2 aromatic carbocycles. The number of carbonyl (C=O) groups excluding carboxylic acids is 2. The van der Waals surface area contributed by atoms with Gasteiger partial charge in [-0.2, -0.15) is 0 Å². The predicted octanol–water partition coefficient (Wildman–Crippen LogP) is 4.26. The van der Waals surface area contributed by atoms with Crippen LogP contribution in [0.15, 0.2) is 53.7 Å². The zero-order valence-corrected chi connectivity index (χ0v) is 19.8. The highest BCUT2D eigenvalue weighted by atomic mass is 32.2. The number of hydrogen-bond donors (Lipinski definition) is 2. The number of carbonyl (C=O) groups is 2. The Morgan fingerprint density at radius 3 is 2.48 bits per heavy atom. The van der Waals surface area contributed by atoms with Crippen LogP contribution in [0.25, 0.3) is 0 Å². The van der Waals surface area contributed by atoms with Gasteiger partial charge in [-0.1, -0.05) is 49.9 Å². The van der Waals surface area contributed by atoms with Gasteiger partial charge in [0.15, 0.2) is 5.16 Å². The fraction of sp³-hybridized carbons (Fsp3) is 0.333. The van der Waals surface area contributed by atoms with Gasteiger partial charge >= 0.3 is 0 Å². The fourth-order valence-electron chi connectivity index (χ4n) is 3.24. The molecule has 0 fully saturated rings. The van der Waals surface area contributed by atoms with Gasteiger partial charge in [0.05, 0.1) is 11.3 Å². The molecule has 1 aromatic heterocycles. The van der Waals surface area contributed by atoms with Gasteiger partial charge in [-0.3, -0.25) is 9.59 Å². The van der Waals surface area contributed by atoms with E-state index in [1.54, 1.807) is 6.07 Å². The van der Waals surface area contributed by atoms with Crippen molar-refractivity contribution in [3.05, 3.63) is 71.3 Å². The Bertz CT molecular complexity index is 1100. The summed E-state index contributed by atoms with van der Waals surface area (Å²) in [5, 5.41) is 14.6. The number of hydrogen-bond acceptors (Lipinski definition) is 5. The number of rotatable bonds is 10. The first-order chi connectivity index (χ1) is 15.9. The normalized spacial score (nSPS) is 10.9. The minimum Gasteiger partial charge on any atom is -0.351 e. The Balaban J connectivity index is 1.51. The van der Waals surface area contributed by atoms with Crippen LogP contribution in [0.1, 0.15) is 48.4 Å². The molecular weight excluding hydrogens is 441 g/mol. The summed E-state index contributed by atoms with van der Waals surface area (Å²) in [6, 6.07) is 13.7. The molecule has 0 aliphatic rings. The van der Waals surface area contributed by atoms with Crippen LogP contribution in [0.4, 0.5) is 10.1 Å². The van der Waals surface area contributed by atoms with Crippen molar-refractivity contribution in [3.63, 3.8) is 0 Å². The van der Waals surface area contributed by atoms with Crippen LogP contribution in [0, 0.1) is 5.82 Å². The number of benzene rings is 2. The summed E-state index contributed by atoms with van der Waals surface area (Å²) in [7, 11) is 0. The highest BCUT2D eigenvalue weighted by Crippen LogP contribution is 2.20. The third kappa shape index (κ3) is 6.64. The molecule has 0 aliphatic carbocycles. The molecule has 7 nitrogen and oxygen atoms in total. The monoisotopic (exact) mass is 469 g/mol. The molecule has 9 heteroatoms. The van der Waals surface area contributed by atoms with Crippen LogP contribution in [0.2, 0.25) is 0 Å². The van der Waals surface area contributed by atoms with E-state index < -0.39 is 11.7 Å². The number of amides is 2. The highest BCUT2D eigenvalue weighted by Gasteiger charge is 2.15. The molecule has 0 spiro atoms. The van der Waals surface area contributed by atoms with Crippen LogP contribution in [0.3, 0.4) is 0 Å². The summed E-state index contributed by atoms with van der Waals surface area (Å²) in [4.78, 5) is 24.5. The molecule has 33 heavy (non-hydrogen) atoms. The third-order valence-electron chi connectivity index (χ3n) is 5.06. The Morgan fingerprint density at radius 2 is 1.82 bits per heavy atom. The summed E-state index contributed by atoms with van der Waals surface area (Å²) in [6.07, 6.45) is 0.440. The molecule has 0 saturated carbocycles. The molecule has 2 N–H and O–H groups in total. The van der Waals surface area contributed by atoms with E-state index in [1.807, 2.05) is 35.8 Å². The second-order valence-corrected chi connectivity index (χ2v) is 8.68. The molecule has 0 aliphatic heterocycles. The van der Waals surface area contributed by atoms with Crippen LogP contribution >= 0.6 is 11.8 Å². The number of nitrogens with one attached hydrogen (secondary N) is 2. The van der Waals surface area contributed by atoms with Gasteiger partial charge in [0.25, 0.3) is 5.91 Å². The zero-order valence-electron chi connectivity index (χ0n) is 19.0. The van der Waals surface area contributed by atoms with Crippen molar-refractivity contribution in [1.82, 2.24) is 20.1 Å². The first kappa shape index (κ1) is 24.4. The minimum atomic E-state index is -0.556. The van der Waals surface area contributed by atoms with Crippen molar-refractivity contribution in [2.45, 2.75) is 44.8 Å². The van der Waals surface area contributed by atoms with E-state index in [9.17, 15) is 14.0 Å². The van der Waals surface area contributed by atoms with Crippen molar-refractivity contribution in [2.24, 2.45) is 0 Å². The number of nitrogens with zero attached hydrogens (tertiary/aromatic N) is 3. The number of thioether (sulfide) groups is 1. The summed E-state index contributed by atoms with van der Waals surface area (Å²) in [5.41, 5.74) is 1.99. The third-order valence-corrected chi connectivity index (χ3v) is 6.02. The largest absolute Gasteiger partial charge is 0.351 e. The molecule has 1 heterocycles. The lowest BCUT2D eigenvalue weighted by Gasteiger charge is -2.10. The van der Waals surface area contributed by atoms with Crippen molar-refractivity contribution in [2.75, 3.05) is 17.6 Å². The average Bonchev–Trinajstić information content (AvgIpc) is 3.20. The van der Waals surface area contributed by atoms with Crippen LogP contribution in [-0.4, -0.2) is 38.9 Å². The molecule has 0 saturated heterocycles. The second kappa shape index (κ2) is 11.6. The first-order valence-electron chi connectivity index (χ1n) is 10.9. The van der Waals surface area contributed by atoms with E-state index in [-0.39, 0.29) is 17.2 Å². The lowest BCUT2D eigenvalue weighted by atomic mass is 10.0. The van der Waals surface area contributed by atoms with Crippen molar-refractivity contribution >= 4 is 29.3 Å². The molecule has 0 atom stereocenters. The Morgan fingerprint density at radius 1 is 1.09 bits per heavy atom. The summed E-state index contributed by atoms with van der Waals surface area (Å²) in [6.45, 7) is 7.14. The van der Waals surface area contributed by atoms with Crippen molar-refractivity contribution in [3.8, 4) is 0 Å². The van der Waals surface area contributed by atoms with Gasteiger partial charge in [-0.25, -0.2) is 4.39 Å². The molecule has 2 amide bonds. The van der Waals surface area contributed by atoms with Gasteiger partial charge in [0, 0.05) is 25.2 Å². The Kier molecular flexibility index (Phi) is 8.59. The number of anilines is 1. The zero-order chi connectivity index (χ0) is 23.8. The van der Waals surface area contributed by atoms with E-state index in [4.69, 9.17) is 0 Å². The van der Waals surface area contributed by atoms with E-state index in [0.717, 1.165) is 5.69 Å². The lowest BCUT2D eigenvalue weighted by molar-refractivity contribution is -0.113. The standard InChI is InChI=1S/C24H28FN5O2S/c1-4-30-21(13-14-26-23(32)19-7-5-6-8-20(19)25)28-29-24(30)33-15-22(31)27-18-11-9-17(10-12-18)16(2)3/h5-12,16H,4,13-15H2,1-3H3,(H,26,32)(H,27,31). The maximum atomic E-state index is 13.7. The fourth-order valence-corrected chi connectivity index (χ4v) is 4.06. The lowest BCUT2D eigenvalue weighted by Crippen LogP contribution is -2.27. The molecule has 0 bridgehead atoms. The smallest absolute Gasteiger partial charge is 0.254 e. The van der Waals surface area contributed by atoms with E-state index in [2.05, 4.69) is 34.7 Å². The quantitative estimate of drug-likeness (QED) is 0.433. The Labute approximate surface area is 197 Å². The van der Waals surface area contributed by atoms with E-state index in [0.29, 0.717) is 36.4 Å². The molecule has 3 aromatic rings. The topological polar surface area (TPSA) is 88.9 Å². The van der Waals surface area contributed by atoms with Gasteiger partial charge in [-0.05, 0) is 42.7 Å². The maximum Gasteiger partial charge on any atom is 0.254 e. The summed E-state index contributed by atoms with van der Waals surface area (Å²) >= 11 is 1.31. The summed E-state index contributed by atoms with van der Waals surface area (Å²) in [5.74, 6) is 0.185. The summed E-state index contributed by atoms with van der Waals surface area (Å²) < 4.78 is 15.6. The van der Waals surface area contributed by atoms with Crippen molar-refractivity contribution in [1.29, 1.82) is 0 Å². The van der Waals surface area contributed by atoms with Crippen LogP contribution < -0.4 is 10.6 Å². The molecule has 0 radical (unpaired) electrons. The van der Waals surface area contributed by atoms with Crippen LogP contribution in [-0.2, 0) is 17.8 Å². The van der Waals surface area contributed by atoms with Gasteiger partial charge in [-0.15, -0.1) is 10.2 Å². The number of halogens is 1. The van der Waals surface area contributed by atoms with Gasteiger partial charge in [0.2, 0.25) is 5.91 Å². The highest BCUT2D eigenvalue weighted by molar-refractivity contribution is 7.99. The van der Waals surface area contributed by atoms with Crippen LogP contribution in [0.5, 0.6) is 0 Å². The maximum absolute atomic E-state index is 13.7. The average molecular weight is 470 g/mol. The van der Waals surface area contributed by atoms with Crippen molar-refractivity contribution < 1.29 is 14.0 Å². The molecule has 0 unspecified atom stereocenters. The molecular formula is C24H28FN5O2S. The van der Waals surface area contributed by atoms with Gasteiger partial charge < -0.3 is 15.2 Å². The SMILES string of the molecule is CCn1c(CCNC(=O)c2ccccc2F)nnc1SCC(=O)Nc1ccc(C(C)C)cc1. The Hall–Kier alpha value is -3.20. The van der Waals surface area contributed by atoms with E-state index >= 15 is 0 Å².